The molecule has 1 aromatic carbocycles. The van der Waals surface area contributed by atoms with Crippen molar-refractivity contribution in [2.75, 3.05) is 19.0 Å². The van der Waals surface area contributed by atoms with Crippen molar-refractivity contribution in [2.45, 2.75) is 39.7 Å². The van der Waals surface area contributed by atoms with Gasteiger partial charge in [0.2, 0.25) is 11.3 Å². The molecule has 0 saturated carbocycles. The van der Waals surface area contributed by atoms with Crippen LogP contribution < -0.4 is 16.1 Å². The molecule has 0 atom stereocenters. The molecule has 0 unspecified atom stereocenters. The Kier molecular flexibility index (Phi) is 8.55. The van der Waals surface area contributed by atoms with Gasteiger partial charge in [0.05, 0.1) is 19.0 Å². The molecule has 10 heteroatoms. The fraction of sp³-hybridized carbons (Fsp3) is 0.375. The summed E-state index contributed by atoms with van der Waals surface area (Å²) in [4.78, 5) is 35.7. The third kappa shape index (κ3) is 7.29. The maximum Gasteiger partial charge on any atom is 0.411 e. The van der Waals surface area contributed by atoms with E-state index in [2.05, 4.69) is 20.8 Å². The van der Waals surface area contributed by atoms with E-state index in [-0.39, 0.29) is 17.3 Å². The van der Waals surface area contributed by atoms with Gasteiger partial charge < -0.3 is 10.1 Å². The van der Waals surface area contributed by atoms with Crippen molar-refractivity contribution in [1.29, 1.82) is 0 Å². The Morgan fingerprint density at radius 3 is 2.79 bits per heavy atom. The second-order valence-corrected chi connectivity index (χ2v) is 8.30. The van der Waals surface area contributed by atoms with Gasteiger partial charge in [0.1, 0.15) is 11.4 Å². The molecule has 0 bridgehead atoms. The van der Waals surface area contributed by atoms with E-state index < -0.39 is 6.09 Å². The number of anilines is 1. The fourth-order valence-electron chi connectivity index (χ4n) is 3.18. The summed E-state index contributed by atoms with van der Waals surface area (Å²) in [5.74, 6) is 0.240. The van der Waals surface area contributed by atoms with Crippen molar-refractivity contribution >= 4 is 17.7 Å². The molecule has 2 amide bonds. The van der Waals surface area contributed by atoms with Crippen molar-refractivity contribution in [1.82, 2.24) is 24.9 Å². The Labute approximate surface area is 197 Å². The minimum Gasteiger partial charge on any atom is -0.449 e. The monoisotopic (exact) mass is 466 g/mol. The molecular formula is C24H30N6O4. The van der Waals surface area contributed by atoms with Crippen molar-refractivity contribution in [2.24, 2.45) is 5.92 Å². The zero-order valence-electron chi connectivity index (χ0n) is 19.7. The highest BCUT2D eigenvalue weighted by atomic mass is 16.5. The van der Waals surface area contributed by atoms with E-state index in [1.165, 1.54) is 6.07 Å². The predicted octanol–water partition coefficient (Wildman–Crippen LogP) is 2.75. The number of nitrogens with zero attached hydrogens (tertiary/aromatic N) is 4. The summed E-state index contributed by atoms with van der Waals surface area (Å²) in [6, 6.07) is 8.69. The van der Waals surface area contributed by atoms with Crippen molar-refractivity contribution in [3.63, 3.8) is 0 Å². The zero-order chi connectivity index (χ0) is 24.5. The Morgan fingerprint density at radius 2 is 2.03 bits per heavy atom. The summed E-state index contributed by atoms with van der Waals surface area (Å²) >= 11 is 0. The zero-order valence-corrected chi connectivity index (χ0v) is 19.7. The summed E-state index contributed by atoms with van der Waals surface area (Å²) in [5, 5.41) is 14.1. The molecule has 0 aliphatic heterocycles. The number of aryl methyl sites for hydroxylation is 1. The van der Waals surface area contributed by atoms with Gasteiger partial charge in [-0.1, -0.05) is 26.0 Å². The number of aromatic nitrogens is 4. The lowest BCUT2D eigenvalue weighted by molar-refractivity contribution is -0.120. The van der Waals surface area contributed by atoms with Gasteiger partial charge in [-0.15, -0.1) is 0 Å². The highest BCUT2D eigenvalue weighted by molar-refractivity contribution is 5.84. The molecule has 2 aromatic heterocycles. The molecule has 180 valence electrons. The van der Waals surface area contributed by atoms with Crippen molar-refractivity contribution in [3.8, 4) is 5.69 Å². The van der Waals surface area contributed by atoms with E-state index in [1.807, 2.05) is 26.1 Å². The van der Waals surface area contributed by atoms with Gasteiger partial charge in [0.25, 0.3) is 0 Å². The first-order chi connectivity index (χ1) is 16.3. The van der Waals surface area contributed by atoms with Gasteiger partial charge in [-0.3, -0.25) is 19.6 Å². The summed E-state index contributed by atoms with van der Waals surface area (Å²) in [6.45, 7) is 4.86. The number of rotatable bonds is 10. The molecular weight excluding hydrogens is 436 g/mol. The molecule has 10 nitrogen and oxygen atoms in total. The Balaban J connectivity index is 1.67. The normalized spacial score (nSPS) is 10.8. The van der Waals surface area contributed by atoms with Gasteiger partial charge in [-0.05, 0) is 30.0 Å². The number of carbonyl (C=O) groups excluding carboxylic acids is 2. The van der Waals surface area contributed by atoms with E-state index >= 15 is 0 Å². The minimum absolute atomic E-state index is 0.00850. The largest absolute Gasteiger partial charge is 0.449 e. The molecule has 0 aliphatic carbocycles. The number of nitrogens with one attached hydrogen (secondary N) is 2. The van der Waals surface area contributed by atoms with Crippen LogP contribution in [0.5, 0.6) is 0 Å². The second kappa shape index (κ2) is 11.8. The summed E-state index contributed by atoms with van der Waals surface area (Å²) in [7, 11) is 1.61. The van der Waals surface area contributed by atoms with Crippen molar-refractivity contribution < 1.29 is 14.3 Å². The van der Waals surface area contributed by atoms with Crippen LogP contribution in [0.25, 0.3) is 5.69 Å². The van der Waals surface area contributed by atoms with E-state index in [4.69, 9.17) is 4.74 Å². The minimum atomic E-state index is -0.515. The average Bonchev–Trinajstić information content (AvgIpc) is 3.28. The van der Waals surface area contributed by atoms with Crippen LogP contribution >= 0.6 is 0 Å². The Bertz CT molecular complexity index is 1180. The quantitative estimate of drug-likeness (QED) is 0.474. The first kappa shape index (κ1) is 24.7. The molecule has 34 heavy (non-hydrogen) atoms. The first-order valence-corrected chi connectivity index (χ1v) is 11.2. The number of hydrogen-bond donors (Lipinski definition) is 2. The van der Waals surface area contributed by atoms with Crippen LogP contribution in [0.3, 0.4) is 0 Å². The number of carbonyl (C=O) groups is 2. The number of amides is 2. The molecule has 3 aromatic rings. The fourth-order valence-corrected chi connectivity index (χ4v) is 3.18. The van der Waals surface area contributed by atoms with Gasteiger partial charge in [-0.2, -0.15) is 10.2 Å². The van der Waals surface area contributed by atoms with E-state index in [0.29, 0.717) is 49.5 Å². The number of ether oxygens (including phenoxy) is 1. The molecule has 3 rings (SSSR count). The van der Waals surface area contributed by atoms with Gasteiger partial charge >= 0.3 is 6.09 Å². The van der Waals surface area contributed by atoms with Crippen molar-refractivity contribution in [3.05, 3.63) is 70.4 Å². The molecule has 0 radical (unpaired) electrons. The van der Waals surface area contributed by atoms with E-state index in [1.54, 1.807) is 47.0 Å². The molecule has 0 aliphatic rings. The standard InChI is InChI=1S/C24H30N6O4/c1-17(2)16-34-24(33)27-19-7-4-6-18(12-19)13-21-22(31)9-11-30(28-21)20-14-26-29(15-20)10-5-8-23(32)25-3/h4,6-7,9,11-12,14-15,17H,5,8,10,13,16H2,1-3H3,(H,25,32)(H,27,33). The van der Waals surface area contributed by atoms with Crippen LogP contribution in [-0.2, 0) is 22.5 Å². The lowest BCUT2D eigenvalue weighted by atomic mass is 10.1. The van der Waals surface area contributed by atoms with Crippen LogP contribution in [-0.4, -0.2) is 45.2 Å². The predicted molar refractivity (Wildman–Crippen MR) is 128 cm³/mol. The average molecular weight is 467 g/mol. The van der Waals surface area contributed by atoms with Crippen LogP contribution in [0.2, 0.25) is 0 Å². The van der Waals surface area contributed by atoms with E-state index in [9.17, 15) is 14.4 Å². The number of benzene rings is 1. The van der Waals surface area contributed by atoms with Crippen LogP contribution in [0, 0.1) is 5.92 Å². The van der Waals surface area contributed by atoms with E-state index in [0.717, 1.165) is 5.56 Å². The molecule has 0 fully saturated rings. The van der Waals surface area contributed by atoms with Crippen LogP contribution in [0.15, 0.2) is 53.7 Å². The smallest absolute Gasteiger partial charge is 0.411 e. The summed E-state index contributed by atoms with van der Waals surface area (Å²) < 4.78 is 8.49. The van der Waals surface area contributed by atoms with Gasteiger partial charge in [-0.25, -0.2) is 9.48 Å². The third-order valence-corrected chi connectivity index (χ3v) is 4.93. The van der Waals surface area contributed by atoms with Gasteiger partial charge in [0.15, 0.2) is 0 Å². The maximum absolute atomic E-state index is 12.4. The highest BCUT2D eigenvalue weighted by Gasteiger charge is 2.10. The third-order valence-electron chi connectivity index (χ3n) is 4.93. The molecule has 2 heterocycles. The highest BCUT2D eigenvalue weighted by Crippen LogP contribution is 2.14. The number of hydrogen-bond acceptors (Lipinski definition) is 6. The summed E-state index contributed by atoms with van der Waals surface area (Å²) in [6.07, 6.45) is 5.96. The molecule has 0 spiro atoms. The molecule has 0 saturated heterocycles. The lowest BCUT2D eigenvalue weighted by Gasteiger charge is -2.10. The first-order valence-electron chi connectivity index (χ1n) is 11.2. The summed E-state index contributed by atoms with van der Waals surface area (Å²) in [5.41, 5.74) is 2.32. The topological polar surface area (TPSA) is 120 Å². The lowest BCUT2D eigenvalue weighted by Crippen LogP contribution is -2.18. The Hall–Kier alpha value is -3.95. The molecule has 2 N–H and O–H groups in total. The van der Waals surface area contributed by atoms with Gasteiger partial charge in [0, 0.05) is 44.4 Å². The Morgan fingerprint density at radius 1 is 1.21 bits per heavy atom. The SMILES string of the molecule is CNC(=O)CCCn1cc(-n2ccc(=O)c(Cc3cccc(NC(=O)OCC(C)C)c3)n2)cn1. The second-order valence-electron chi connectivity index (χ2n) is 8.30. The van der Waals surface area contributed by atoms with Crippen LogP contribution in [0.1, 0.15) is 37.9 Å². The van der Waals surface area contributed by atoms with Crippen LogP contribution in [0.4, 0.5) is 10.5 Å². The maximum atomic E-state index is 12.4.